The number of hydrogen-bond donors (Lipinski definition) is 1. The number of aromatic nitrogens is 3. The molecule has 0 radical (unpaired) electrons. The number of alkyl halides is 2. The summed E-state index contributed by atoms with van der Waals surface area (Å²) in [4.78, 5) is 17.3. The Morgan fingerprint density at radius 3 is 2.59 bits per heavy atom. The van der Waals surface area contributed by atoms with E-state index in [1.54, 1.807) is 31.4 Å². The Labute approximate surface area is 166 Å². The van der Waals surface area contributed by atoms with Crippen molar-refractivity contribution in [1.29, 1.82) is 0 Å². The highest BCUT2D eigenvalue weighted by molar-refractivity contribution is 6.00. The van der Waals surface area contributed by atoms with Crippen molar-refractivity contribution in [2.45, 2.75) is 44.6 Å². The number of fused-ring (bicyclic) bond motifs is 1. The Balaban J connectivity index is 1.74. The predicted octanol–water partition coefficient (Wildman–Crippen LogP) is 4.41. The molecule has 1 aromatic carbocycles. The molecule has 2 aromatic heterocycles. The first-order chi connectivity index (χ1) is 14.1. The van der Waals surface area contributed by atoms with Gasteiger partial charge < -0.3 is 10.1 Å². The quantitative estimate of drug-likeness (QED) is 0.689. The van der Waals surface area contributed by atoms with E-state index >= 15 is 0 Å². The summed E-state index contributed by atoms with van der Waals surface area (Å²) in [5.41, 5.74) is 1.02. The summed E-state index contributed by atoms with van der Waals surface area (Å²) in [5, 5.41) is 7.01. The first-order valence-corrected chi connectivity index (χ1v) is 9.69. The normalized spacial score (nSPS) is 15.0. The average molecular weight is 400 g/mol. The highest BCUT2D eigenvalue weighted by Gasteiger charge is 2.23. The van der Waals surface area contributed by atoms with Gasteiger partial charge in [0.2, 0.25) is 0 Å². The number of amides is 1. The van der Waals surface area contributed by atoms with E-state index in [1.807, 2.05) is 0 Å². The van der Waals surface area contributed by atoms with Crippen molar-refractivity contribution in [2.24, 2.45) is 0 Å². The summed E-state index contributed by atoms with van der Waals surface area (Å²) in [7, 11) is 1.55. The number of carbonyl (C=O) groups excluding carboxylic acids is 1. The zero-order valence-corrected chi connectivity index (χ0v) is 16.1. The lowest BCUT2D eigenvalue weighted by molar-refractivity contribution is 0.0929. The van der Waals surface area contributed by atoms with Gasteiger partial charge in [-0.2, -0.15) is 5.10 Å². The number of hydrogen-bond acceptors (Lipinski definition) is 4. The standard InChI is InChI=1S/C21H22F2N4O2/c1-29-15-9-7-13(8-10-15)17-11-18(19(22)23)27-20(26-17)16(12-24-27)21(28)25-14-5-3-2-4-6-14/h7-12,14,19H,2-6H2,1H3,(H,25,28). The molecular weight excluding hydrogens is 378 g/mol. The zero-order valence-electron chi connectivity index (χ0n) is 16.1. The van der Waals surface area contributed by atoms with Gasteiger partial charge >= 0.3 is 0 Å². The molecule has 4 rings (SSSR count). The third-order valence-electron chi connectivity index (χ3n) is 5.29. The zero-order chi connectivity index (χ0) is 20.4. The maximum atomic E-state index is 13.7. The summed E-state index contributed by atoms with van der Waals surface area (Å²) in [6.45, 7) is 0. The third kappa shape index (κ3) is 3.92. The minimum Gasteiger partial charge on any atom is -0.497 e. The van der Waals surface area contributed by atoms with E-state index in [2.05, 4.69) is 15.4 Å². The van der Waals surface area contributed by atoms with Crippen LogP contribution in [0.5, 0.6) is 5.75 Å². The Bertz CT molecular complexity index is 1010. The first-order valence-electron chi connectivity index (χ1n) is 9.69. The Hall–Kier alpha value is -3.03. The SMILES string of the molecule is COc1ccc(-c2cc(C(F)F)n3ncc(C(=O)NC4CCCCC4)c3n2)cc1. The first kappa shape index (κ1) is 19.3. The molecule has 0 bridgehead atoms. The molecule has 1 N–H and O–H groups in total. The number of nitrogens with one attached hydrogen (secondary N) is 1. The highest BCUT2D eigenvalue weighted by atomic mass is 19.3. The van der Waals surface area contributed by atoms with Gasteiger partial charge in [-0.3, -0.25) is 4.79 Å². The topological polar surface area (TPSA) is 68.5 Å². The maximum Gasteiger partial charge on any atom is 0.280 e. The Morgan fingerprint density at radius 1 is 1.21 bits per heavy atom. The summed E-state index contributed by atoms with van der Waals surface area (Å²) >= 11 is 0. The summed E-state index contributed by atoms with van der Waals surface area (Å²) in [6.07, 6.45) is 3.74. The Morgan fingerprint density at radius 2 is 1.93 bits per heavy atom. The van der Waals surface area contributed by atoms with Crippen molar-refractivity contribution in [3.8, 4) is 17.0 Å². The van der Waals surface area contributed by atoms with Crippen LogP contribution in [0.25, 0.3) is 16.9 Å². The molecule has 1 aliphatic rings. The van der Waals surface area contributed by atoms with Crippen molar-refractivity contribution in [1.82, 2.24) is 19.9 Å². The second kappa shape index (κ2) is 8.14. The van der Waals surface area contributed by atoms with Crippen LogP contribution < -0.4 is 10.1 Å². The second-order valence-electron chi connectivity index (χ2n) is 7.20. The molecule has 1 fully saturated rings. The molecule has 0 spiro atoms. The van der Waals surface area contributed by atoms with Crippen molar-refractivity contribution in [2.75, 3.05) is 7.11 Å². The lowest BCUT2D eigenvalue weighted by Gasteiger charge is -2.22. The molecule has 1 saturated carbocycles. The second-order valence-corrected chi connectivity index (χ2v) is 7.20. The number of benzene rings is 1. The minimum atomic E-state index is -2.76. The van der Waals surface area contributed by atoms with Crippen molar-refractivity contribution < 1.29 is 18.3 Å². The van der Waals surface area contributed by atoms with Crippen molar-refractivity contribution in [3.05, 3.63) is 47.8 Å². The van der Waals surface area contributed by atoms with Gasteiger partial charge in [0.15, 0.2) is 5.65 Å². The van der Waals surface area contributed by atoms with E-state index in [0.717, 1.165) is 30.2 Å². The highest BCUT2D eigenvalue weighted by Crippen LogP contribution is 2.28. The van der Waals surface area contributed by atoms with E-state index in [-0.39, 0.29) is 28.9 Å². The van der Waals surface area contributed by atoms with Gasteiger partial charge in [-0.1, -0.05) is 19.3 Å². The van der Waals surface area contributed by atoms with Crippen LogP contribution in [0.2, 0.25) is 0 Å². The fourth-order valence-corrected chi connectivity index (χ4v) is 3.72. The van der Waals surface area contributed by atoms with Crippen LogP contribution in [0.1, 0.15) is 54.6 Å². The summed E-state index contributed by atoms with van der Waals surface area (Å²) in [6, 6.07) is 8.35. The minimum absolute atomic E-state index is 0.102. The van der Waals surface area contributed by atoms with Crippen molar-refractivity contribution in [3.63, 3.8) is 0 Å². The summed E-state index contributed by atoms with van der Waals surface area (Å²) < 4.78 is 33.6. The number of methoxy groups -OCH3 is 1. The monoisotopic (exact) mass is 400 g/mol. The van der Waals surface area contributed by atoms with Gasteiger partial charge in [-0.05, 0) is 43.2 Å². The fraction of sp³-hybridized carbons (Fsp3) is 0.381. The van der Waals surface area contributed by atoms with Crippen LogP contribution in [-0.2, 0) is 0 Å². The van der Waals surface area contributed by atoms with Crippen LogP contribution in [0.15, 0.2) is 36.5 Å². The van der Waals surface area contributed by atoms with E-state index in [9.17, 15) is 13.6 Å². The average Bonchev–Trinajstić information content (AvgIpc) is 3.18. The van der Waals surface area contributed by atoms with E-state index < -0.39 is 6.43 Å². The van der Waals surface area contributed by atoms with Gasteiger partial charge in [0, 0.05) is 11.6 Å². The van der Waals surface area contributed by atoms with Crippen LogP contribution in [0.4, 0.5) is 8.78 Å². The van der Waals surface area contributed by atoms with Gasteiger partial charge in [0.1, 0.15) is 17.0 Å². The molecule has 0 atom stereocenters. The number of nitrogens with zero attached hydrogens (tertiary/aromatic N) is 3. The van der Waals surface area contributed by atoms with Crippen molar-refractivity contribution >= 4 is 11.6 Å². The molecule has 1 amide bonds. The van der Waals surface area contributed by atoms with E-state index in [0.29, 0.717) is 17.0 Å². The number of halogens is 2. The van der Waals surface area contributed by atoms with Crippen LogP contribution >= 0.6 is 0 Å². The molecule has 2 heterocycles. The lowest BCUT2D eigenvalue weighted by atomic mass is 9.95. The van der Waals surface area contributed by atoms with Crippen LogP contribution in [0.3, 0.4) is 0 Å². The third-order valence-corrected chi connectivity index (χ3v) is 5.29. The summed E-state index contributed by atoms with van der Waals surface area (Å²) in [5.74, 6) is 0.326. The molecular formula is C21H22F2N4O2. The van der Waals surface area contributed by atoms with E-state index in [1.165, 1.54) is 18.7 Å². The molecule has 1 aliphatic carbocycles. The van der Waals surface area contributed by atoms with Gasteiger partial charge in [0.05, 0.1) is 19.0 Å². The molecule has 0 aliphatic heterocycles. The van der Waals surface area contributed by atoms with E-state index in [4.69, 9.17) is 4.74 Å². The molecule has 3 aromatic rings. The number of carbonyl (C=O) groups is 1. The molecule has 0 saturated heterocycles. The van der Waals surface area contributed by atoms with Gasteiger partial charge in [-0.25, -0.2) is 18.3 Å². The molecule has 6 nitrogen and oxygen atoms in total. The van der Waals surface area contributed by atoms with Crippen LogP contribution in [-0.4, -0.2) is 33.7 Å². The number of rotatable bonds is 5. The molecule has 29 heavy (non-hydrogen) atoms. The smallest absolute Gasteiger partial charge is 0.280 e. The predicted molar refractivity (Wildman–Crippen MR) is 104 cm³/mol. The fourth-order valence-electron chi connectivity index (χ4n) is 3.72. The van der Waals surface area contributed by atoms with Gasteiger partial charge in [-0.15, -0.1) is 0 Å². The maximum absolute atomic E-state index is 13.7. The largest absolute Gasteiger partial charge is 0.497 e. The molecule has 0 unspecified atom stereocenters. The Kier molecular flexibility index (Phi) is 5.42. The van der Waals surface area contributed by atoms with Crippen LogP contribution in [0, 0.1) is 0 Å². The number of ether oxygens (including phenoxy) is 1. The lowest BCUT2D eigenvalue weighted by Crippen LogP contribution is -2.36. The molecule has 152 valence electrons. The van der Waals surface area contributed by atoms with Gasteiger partial charge in [0.25, 0.3) is 12.3 Å². The molecule has 8 heteroatoms.